The number of amides is 2. The monoisotopic (exact) mass is 558 g/mol. The number of aromatic nitrogens is 3. The Balaban J connectivity index is 1.17. The maximum atomic E-state index is 12.4. The molecule has 4 rings (SSSR count). The van der Waals surface area contributed by atoms with Crippen LogP contribution in [0.5, 0.6) is 0 Å². The lowest BCUT2D eigenvalue weighted by Gasteiger charge is -2.17. The Labute approximate surface area is 228 Å². The zero-order chi connectivity index (χ0) is 27.9. The van der Waals surface area contributed by atoms with Gasteiger partial charge in [-0.1, -0.05) is 11.6 Å². The minimum atomic E-state index is -0.848. The highest BCUT2D eigenvalue weighted by molar-refractivity contribution is 6.35. The van der Waals surface area contributed by atoms with Crippen molar-refractivity contribution < 1.29 is 19.4 Å². The number of benzene rings is 1. The molecule has 208 valence electrons. The molecule has 1 aromatic carbocycles. The van der Waals surface area contributed by atoms with Gasteiger partial charge in [0.05, 0.1) is 18.2 Å². The Bertz CT molecular complexity index is 1460. The summed E-state index contributed by atoms with van der Waals surface area (Å²) in [5.41, 5.74) is 0.947. The minimum absolute atomic E-state index is 0.141. The average Bonchev–Trinajstić information content (AvgIpc) is 3.32. The number of carbonyl (C=O) groups is 2. The van der Waals surface area contributed by atoms with Gasteiger partial charge in [0.25, 0.3) is 5.56 Å². The molecule has 0 saturated carbocycles. The van der Waals surface area contributed by atoms with Crippen LogP contribution in [-0.4, -0.2) is 63.3 Å². The maximum Gasteiger partial charge on any atom is 0.330 e. The fraction of sp³-hybridized carbons (Fsp3) is 0.423. The summed E-state index contributed by atoms with van der Waals surface area (Å²) in [6.07, 6.45) is 4.00. The van der Waals surface area contributed by atoms with Crippen LogP contribution in [0.1, 0.15) is 37.5 Å². The van der Waals surface area contributed by atoms with E-state index < -0.39 is 48.0 Å². The van der Waals surface area contributed by atoms with Gasteiger partial charge in [0.1, 0.15) is 12.3 Å². The number of ether oxygens (including phenoxy) is 1. The van der Waals surface area contributed by atoms with Crippen LogP contribution in [-0.2, 0) is 14.3 Å². The Morgan fingerprint density at radius 2 is 1.97 bits per heavy atom. The smallest absolute Gasteiger partial charge is 0.330 e. The van der Waals surface area contributed by atoms with Gasteiger partial charge in [-0.05, 0) is 50.5 Å². The van der Waals surface area contributed by atoms with Gasteiger partial charge in [-0.25, -0.2) is 4.79 Å². The van der Waals surface area contributed by atoms with Gasteiger partial charge in [0.2, 0.25) is 0 Å². The zero-order valence-corrected chi connectivity index (χ0v) is 22.2. The number of hydrogen-bond acceptors (Lipinski definition) is 8. The normalized spacial score (nSPS) is 18.7. The molecule has 3 heterocycles. The predicted molar refractivity (Wildman–Crippen MR) is 146 cm³/mol. The zero-order valence-electron chi connectivity index (χ0n) is 21.4. The number of nitrogens with zero attached hydrogens (tertiary/aromatic N) is 2. The number of anilines is 1. The number of halogens is 1. The molecule has 2 aromatic heterocycles. The lowest BCUT2D eigenvalue weighted by atomic mass is 10.1. The fourth-order valence-electron chi connectivity index (χ4n) is 4.46. The second kappa shape index (κ2) is 12.9. The quantitative estimate of drug-likeness (QED) is 0.183. The van der Waals surface area contributed by atoms with Crippen LogP contribution in [0.25, 0.3) is 10.9 Å². The number of nitrogens with one attached hydrogen (secondary N) is 4. The highest BCUT2D eigenvalue weighted by atomic mass is 35.5. The van der Waals surface area contributed by atoms with Crippen LogP contribution in [0.15, 0.2) is 46.2 Å². The molecule has 3 aromatic rings. The first kappa shape index (κ1) is 28.3. The van der Waals surface area contributed by atoms with Crippen molar-refractivity contribution in [3.05, 3.63) is 68.1 Å². The Morgan fingerprint density at radius 3 is 2.77 bits per heavy atom. The van der Waals surface area contributed by atoms with E-state index in [-0.39, 0.29) is 6.42 Å². The van der Waals surface area contributed by atoms with E-state index >= 15 is 0 Å². The van der Waals surface area contributed by atoms with E-state index in [1.54, 1.807) is 13.1 Å². The standard InChI is InChI=1S/C26H31ClN6O6/c1-15-13-33(26(38)32-23(15)35)22-12-20(21(14-34)39-22)31-25(37)24(36)30-9-4-2-3-8-28-18-7-10-29-19-11-16(27)5-6-17(18)19/h5-7,10-11,13,20-22,34H,2-4,8-9,12,14H2,1H3,(H,28,29)(H,30,36)(H,31,37)(H,32,35,38)/t20-,21+,22+/m0/s1. The number of aryl methyl sites for hydroxylation is 1. The third-order valence-corrected chi connectivity index (χ3v) is 6.79. The molecule has 12 nitrogen and oxygen atoms in total. The van der Waals surface area contributed by atoms with Crippen molar-refractivity contribution in [3.63, 3.8) is 0 Å². The average molecular weight is 559 g/mol. The van der Waals surface area contributed by atoms with Gasteiger partial charge < -0.3 is 25.8 Å². The fourth-order valence-corrected chi connectivity index (χ4v) is 4.63. The van der Waals surface area contributed by atoms with Crippen molar-refractivity contribution in [2.45, 2.75) is 51.0 Å². The van der Waals surface area contributed by atoms with Crippen LogP contribution in [0.3, 0.4) is 0 Å². The number of pyridine rings is 1. The molecule has 0 aliphatic carbocycles. The Hall–Kier alpha value is -3.74. The van der Waals surface area contributed by atoms with Crippen LogP contribution in [0, 0.1) is 6.92 Å². The van der Waals surface area contributed by atoms with Gasteiger partial charge in [-0.3, -0.25) is 28.9 Å². The highest BCUT2D eigenvalue weighted by Gasteiger charge is 2.38. The molecule has 0 radical (unpaired) electrons. The van der Waals surface area contributed by atoms with Crippen molar-refractivity contribution in [2.75, 3.05) is 25.0 Å². The number of aliphatic hydroxyl groups excluding tert-OH is 1. The predicted octanol–water partition coefficient (Wildman–Crippen LogP) is 1.21. The number of carbonyl (C=O) groups excluding carboxylic acids is 2. The second-order valence-electron chi connectivity index (χ2n) is 9.37. The van der Waals surface area contributed by atoms with Crippen LogP contribution < -0.4 is 27.2 Å². The Morgan fingerprint density at radius 1 is 1.18 bits per heavy atom. The third-order valence-electron chi connectivity index (χ3n) is 6.55. The molecule has 0 spiro atoms. The number of hydrogen-bond donors (Lipinski definition) is 5. The third kappa shape index (κ3) is 7.02. The van der Waals surface area contributed by atoms with E-state index in [0.717, 1.165) is 36.0 Å². The summed E-state index contributed by atoms with van der Waals surface area (Å²) in [7, 11) is 0. The summed E-state index contributed by atoms with van der Waals surface area (Å²) in [5, 5.41) is 19.9. The molecule has 5 N–H and O–H groups in total. The van der Waals surface area contributed by atoms with Crippen molar-refractivity contribution >= 4 is 40.0 Å². The number of fused-ring (bicyclic) bond motifs is 1. The first-order valence-corrected chi connectivity index (χ1v) is 13.1. The van der Waals surface area contributed by atoms with E-state index in [1.807, 2.05) is 24.3 Å². The molecule has 1 fully saturated rings. The molecule has 0 unspecified atom stereocenters. The van der Waals surface area contributed by atoms with Gasteiger partial charge in [0.15, 0.2) is 0 Å². The molecular weight excluding hydrogens is 528 g/mol. The lowest BCUT2D eigenvalue weighted by molar-refractivity contribution is -0.140. The van der Waals surface area contributed by atoms with Gasteiger partial charge in [-0.15, -0.1) is 0 Å². The maximum absolute atomic E-state index is 12.4. The first-order valence-electron chi connectivity index (χ1n) is 12.7. The molecule has 3 atom stereocenters. The van der Waals surface area contributed by atoms with Gasteiger partial charge in [0, 0.05) is 53.6 Å². The van der Waals surface area contributed by atoms with Crippen molar-refractivity contribution in [2.24, 2.45) is 0 Å². The molecule has 2 amide bonds. The number of unbranched alkanes of at least 4 members (excludes halogenated alkanes) is 2. The number of aromatic amines is 1. The number of rotatable bonds is 10. The van der Waals surface area contributed by atoms with Crippen LogP contribution in [0.4, 0.5) is 5.69 Å². The number of aliphatic hydroxyl groups is 1. The Kier molecular flexibility index (Phi) is 9.33. The van der Waals surface area contributed by atoms with Gasteiger partial charge in [-0.2, -0.15) is 0 Å². The molecule has 0 bridgehead atoms. The highest BCUT2D eigenvalue weighted by Crippen LogP contribution is 2.27. The van der Waals surface area contributed by atoms with Crippen molar-refractivity contribution in [3.8, 4) is 0 Å². The molecule has 1 saturated heterocycles. The van der Waals surface area contributed by atoms with Gasteiger partial charge >= 0.3 is 17.5 Å². The first-order chi connectivity index (χ1) is 18.8. The lowest BCUT2D eigenvalue weighted by Crippen LogP contribution is -2.48. The van der Waals surface area contributed by atoms with E-state index in [1.165, 1.54) is 10.8 Å². The molecule has 13 heteroatoms. The molecule has 1 aliphatic heterocycles. The van der Waals surface area contributed by atoms with E-state index in [4.69, 9.17) is 16.3 Å². The van der Waals surface area contributed by atoms with Crippen molar-refractivity contribution in [1.29, 1.82) is 0 Å². The van der Waals surface area contributed by atoms with E-state index in [9.17, 15) is 24.3 Å². The molecule has 1 aliphatic rings. The summed E-state index contributed by atoms with van der Waals surface area (Å²) >= 11 is 6.03. The summed E-state index contributed by atoms with van der Waals surface area (Å²) in [5.74, 6) is -1.63. The summed E-state index contributed by atoms with van der Waals surface area (Å²) < 4.78 is 6.89. The largest absolute Gasteiger partial charge is 0.394 e. The molecule has 39 heavy (non-hydrogen) atoms. The van der Waals surface area contributed by atoms with Crippen LogP contribution >= 0.6 is 11.6 Å². The molecular formula is C26H31ClN6O6. The second-order valence-corrected chi connectivity index (χ2v) is 9.81. The number of H-pyrrole nitrogens is 1. The SMILES string of the molecule is Cc1cn([C@H]2C[C@H](NC(=O)C(=O)NCCCCCNc3ccnc4cc(Cl)ccc34)[C@@H](CO)O2)c(=O)[nH]c1=O. The minimum Gasteiger partial charge on any atom is -0.394 e. The van der Waals surface area contributed by atoms with E-state index in [0.29, 0.717) is 23.6 Å². The van der Waals surface area contributed by atoms with Crippen molar-refractivity contribution in [1.82, 2.24) is 25.2 Å². The van der Waals surface area contributed by atoms with Crippen LogP contribution in [0.2, 0.25) is 5.02 Å². The summed E-state index contributed by atoms with van der Waals surface area (Å²) in [6, 6.07) is 6.79. The topological polar surface area (TPSA) is 167 Å². The van der Waals surface area contributed by atoms with E-state index in [2.05, 4.69) is 25.9 Å². The summed E-state index contributed by atoms with van der Waals surface area (Å²) in [4.78, 5) is 55.0. The summed E-state index contributed by atoms with van der Waals surface area (Å²) in [6.45, 7) is 2.20.